The Labute approximate surface area is 104 Å². The number of primary amides is 1. The van der Waals surface area contributed by atoms with Gasteiger partial charge in [0.15, 0.2) is 0 Å². The van der Waals surface area contributed by atoms with Crippen LogP contribution in [0.2, 0.25) is 0 Å². The molecule has 0 aromatic carbocycles. The highest BCUT2D eigenvalue weighted by Crippen LogP contribution is 2.10. The number of ether oxygens (including phenoxy) is 2. The van der Waals surface area contributed by atoms with Gasteiger partial charge in [0.25, 0.3) is 0 Å². The summed E-state index contributed by atoms with van der Waals surface area (Å²) < 4.78 is 9.54. The summed E-state index contributed by atoms with van der Waals surface area (Å²) in [4.78, 5) is 33.1. The van der Waals surface area contributed by atoms with Crippen LogP contribution >= 0.6 is 0 Å². The van der Waals surface area contributed by atoms with Gasteiger partial charge in [-0.05, 0) is 20.8 Å². The lowest BCUT2D eigenvalue weighted by molar-refractivity contribution is -0.132. The van der Waals surface area contributed by atoms with Crippen LogP contribution in [0.4, 0.5) is 9.59 Å². The first kappa shape index (κ1) is 14.1. The summed E-state index contributed by atoms with van der Waals surface area (Å²) in [5, 5.41) is 4.87. The average Bonchev–Trinajstić information content (AvgIpc) is 2.18. The molecule has 18 heavy (non-hydrogen) atoms. The molecule has 2 atom stereocenters. The Balaban J connectivity index is 2.42. The normalized spacial score (nSPS) is 22.5. The van der Waals surface area contributed by atoms with Crippen molar-refractivity contribution in [2.45, 2.75) is 38.5 Å². The SMILES string of the molecule is CC(C)(C)OC(=O)N[C@@H]1C(=O)N[C@@H]1COC(N)=O. The van der Waals surface area contributed by atoms with E-state index in [0.717, 1.165) is 0 Å². The minimum absolute atomic E-state index is 0.0957. The molecule has 0 aromatic rings. The second-order valence-electron chi connectivity index (χ2n) is 4.87. The maximum atomic E-state index is 11.4. The van der Waals surface area contributed by atoms with Crippen molar-refractivity contribution in [3.63, 3.8) is 0 Å². The van der Waals surface area contributed by atoms with Crippen molar-refractivity contribution in [3.05, 3.63) is 0 Å². The van der Waals surface area contributed by atoms with Crippen molar-refractivity contribution in [3.8, 4) is 0 Å². The number of amides is 3. The zero-order chi connectivity index (χ0) is 13.9. The van der Waals surface area contributed by atoms with Crippen LogP contribution in [0, 0.1) is 0 Å². The number of nitrogens with one attached hydrogen (secondary N) is 2. The molecule has 1 fully saturated rings. The lowest BCUT2D eigenvalue weighted by Gasteiger charge is -2.36. The molecule has 0 bridgehead atoms. The Morgan fingerprint density at radius 1 is 1.44 bits per heavy atom. The van der Waals surface area contributed by atoms with E-state index in [4.69, 9.17) is 10.5 Å². The van der Waals surface area contributed by atoms with Crippen LogP contribution in [0.25, 0.3) is 0 Å². The van der Waals surface area contributed by atoms with Crippen molar-refractivity contribution < 1.29 is 23.9 Å². The first-order valence-corrected chi connectivity index (χ1v) is 5.41. The Kier molecular flexibility index (Phi) is 4.00. The molecule has 0 aromatic heterocycles. The van der Waals surface area contributed by atoms with Crippen LogP contribution in [0.1, 0.15) is 20.8 Å². The van der Waals surface area contributed by atoms with Crippen LogP contribution in [0.3, 0.4) is 0 Å². The number of hydrogen-bond acceptors (Lipinski definition) is 5. The first-order valence-electron chi connectivity index (χ1n) is 5.41. The van der Waals surface area contributed by atoms with Gasteiger partial charge in [-0.2, -0.15) is 0 Å². The van der Waals surface area contributed by atoms with E-state index >= 15 is 0 Å². The fraction of sp³-hybridized carbons (Fsp3) is 0.700. The highest BCUT2D eigenvalue weighted by Gasteiger charge is 2.41. The van der Waals surface area contributed by atoms with Gasteiger partial charge in [0.1, 0.15) is 18.2 Å². The number of β-lactam (4-membered cyclic amide) rings is 1. The van der Waals surface area contributed by atoms with Crippen LogP contribution in [0.5, 0.6) is 0 Å². The number of nitrogens with two attached hydrogens (primary N) is 1. The summed E-state index contributed by atoms with van der Waals surface area (Å²) in [7, 11) is 0. The number of hydrogen-bond donors (Lipinski definition) is 3. The van der Waals surface area contributed by atoms with Gasteiger partial charge in [0, 0.05) is 0 Å². The standard InChI is InChI=1S/C10H17N3O5/c1-10(2,3)18-9(16)13-6-5(12-7(6)14)4-17-8(11)15/h5-6H,4H2,1-3H3,(H2,11,15)(H,12,14)(H,13,16)/t5-,6+/m1/s1. The molecule has 8 heteroatoms. The molecule has 1 aliphatic rings. The molecular weight excluding hydrogens is 242 g/mol. The van der Waals surface area contributed by atoms with Gasteiger partial charge in [-0.15, -0.1) is 0 Å². The second-order valence-corrected chi connectivity index (χ2v) is 4.87. The highest BCUT2D eigenvalue weighted by molar-refractivity contribution is 5.92. The molecule has 0 radical (unpaired) electrons. The number of carbonyl (C=O) groups excluding carboxylic acids is 3. The minimum atomic E-state index is -0.938. The lowest BCUT2D eigenvalue weighted by atomic mass is 10.0. The van der Waals surface area contributed by atoms with Crippen molar-refractivity contribution in [2.24, 2.45) is 5.73 Å². The molecule has 1 saturated heterocycles. The van der Waals surface area contributed by atoms with Crippen molar-refractivity contribution >= 4 is 18.1 Å². The molecule has 0 saturated carbocycles. The molecule has 0 aliphatic carbocycles. The van der Waals surface area contributed by atoms with Crippen LogP contribution < -0.4 is 16.4 Å². The van der Waals surface area contributed by atoms with Gasteiger partial charge in [-0.3, -0.25) is 4.79 Å². The summed E-state index contributed by atoms with van der Waals surface area (Å²) in [6.45, 7) is 5.03. The van der Waals surface area contributed by atoms with Crippen LogP contribution in [-0.4, -0.2) is 42.4 Å². The maximum absolute atomic E-state index is 11.4. The summed E-state index contributed by atoms with van der Waals surface area (Å²) in [5.41, 5.74) is 4.15. The van der Waals surface area contributed by atoms with Gasteiger partial charge in [0.2, 0.25) is 5.91 Å². The third-order valence-corrected chi connectivity index (χ3v) is 2.09. The minimum Gasteiger partial charge on any atom is -0.447 e. The summed E-state index contributed by atoms with van der Waals surface area (Å²) in [5.74, 6) is -0.362. The van der Waals surface area contributed by atoms with E-state index in [0.29, 0.717) is 0 Å². The molecule has 0 unspecified atom stereocenters. The Morgan fingerprint density at radius 2 is 2.06 bits per heavy atom. The van der Waals surface area contributed by atoms with E-state index in [9.17, 15) is 14.4 Å². The maximum Gasteiger partial charge on any atom is 0.408 e. The molecule has 4 N–H and O–H groups in total. The predicted octanol–water partition coefficient (Wildman–Crippen LogP) is -0.527. The fourth-order valence-electron chi connectivity index (χ4n) is 1.35. The number of rotatable bonds is 3. The summed E-state index contributed by atoms with van der Waals surface area (Å²) in [6.07, 6.45) is -1.64. The molecule has 102 valence electrons. The van der Waals surface area contributed by atoms with Crippen LogP contribution in [0.15, 0.2) is 0 Å². The van der Waals surface area contributed by atoms with Gasteiger partial charge in [-0.25, -0.2) is 9.59 Å². The van der Waals surface area contributed by atoms with Gasteiger partial charge < -0.3 is 25.8 Å². The monoisotopic (exact) mass is 259 g/mol. The summed E-state index contributed by atoms with van der Waals surface area (Å²) in [6, 6.07) is -1.27. The van der Waals surface area contributed by atoms with E-state index in [1.165, 1.54) is 0 Å². The molecular formula is C10H17N3O5. The fourth-order valence-corrected chi connectivity index (χ4v) is 1.35. The topological polar surface area (TPSA) is 120 Å². The van der Waals surface area contributed by atoms with E-state index in [1.54, 1.807) is 20.8 Å². The third kappa shape index (κ3) is 4.11. The first-order chi connectivity index (χ1) is 8.19. The van der Waals surface area contributed by atoms with Crippen molar-refractivity contribution in [2.75, 3.05) is 6.61 Å². The van der Waals surface area contributed by atoms with Crippen molar-refractivity contribution in [1.29, 1.82) is 0 Å². The smallest absolute Gasteiger partial charge is 0.408 e. The van der Waals surface area contributed by atoms with Gasteiger partial charge in [0.05, 0.1) is 6.04 Å². The van der Waals surface area contributed by atoms with E-state index in [1.807, 2.05) is 0 Å². The Bertz CT molecular complexity index is 363. The lowest BCUT2D eigenvalue weighted by Crippen LogP contribution is -2.70. The van der Waals surface area contributed by atoms with Gasteiger partial charge >= 0.3 is 12.2 Å². The van der Waals surface area contributed by atoms with Crippen molar-refractivity contribution in [1.82, 2.24) is 10.6 Å². The zero-order valence-corrected chi connectivity index (χ0v) is 10.5. The van der Waals surface area contributed by atoms with Crippen LogP contribution in [-0.2, 0) is 14.3 Å². The molecule has 1 heterocycles. The number of carbonyl (C=O) groups is 3. The number of alkyl carbamates (subject to hydrolysis) is 1. The van der Waals surface area contributed by atoms with E-state index in [2.05, 4.69) is 15.4 Å². The second kappa shape index (κ2) is 5.11. The molecule has 1 rings (SSSR count). The largest absolute Gasteiger partial charge is 0.447 e. The highest BCUT2D eigenvalue weighted by atomic mass is 16.6. The van der Waals surface area contributed by atoms with E-state index < -0.39 is 29.9 Å². The quantitative estimate of drug-likeness (QED) is 0.589. The van der Waals surface area contributed by atoms with Gasteiger partial charge in [-0.1, -0.05) is 0 Å². The molecule has 8 nitrogen and oxygen atoms in total. The van der Waals surface area contributed by atoms with E-state index in [-0.39, 0.29) is 12.5 Å². The molecule has 3 amide bonds. The third-order valence-electron chi connectivity index (χ3n) is 2.09. The molecule has 1 aliphatic heterocycles. The molecule has 0 spiro atoms. The predicted molar refractivity (Wildman–Crippen MR) is 60.6 cm³/mol. The Hall–Kier alpha value is -1.99. The zero-order valence-electron chi connectivity index (χ0n) is 10.5. The Morgan fingerprint density at radius 3 is 2.50 bits per heavy atom. The average molecular weight is 259 g/mol. The summed E-state index contributed by atoms with van der Waals surface area (Å²) >= 11 is 0.